The van der Waals surface area contributed by atoms with Crippen molar-refractivity contribution in [3.63, 3.8) is 0 Å². The molecule has 0 aromatic heterocycles. The van der Waals surface area contributed by atoms with Gasteiger partial charge in [-0.15, -0.1) is 0 Å². The predicted molar refractivity (Wildman–Crippen MR) is 129 cm³/mol. The van der Waals surface area contributed by atoms with Gasteiger partial charge < -0.3 is 5.11 Å². The maximum Gasteiger partial charge on any atom is 0.194 e. The van der Waals surface area contributed by atoms with Crippen LogP contribution in [0.3, 0.4) is 0 Å². The van der Waals surface area contributed by atoms with Crippen LogP contribution in [-0.2, 0) is 19.3 Å². The van der Waals surface area contributed by atoms with Crippen LogP contribution in [0.1, 0.15) is 68.6 Å². The highest BCUT2D eigenvalue weighted by Gasteiger charge is 2.20. The zero-order valence-electron chi connectivity index (χ0n) is 19.9. The third-order valence-corrected chi connectivity index (χ3v) is 6.31. The summed E-state index contributed by atoms with van der Waals surface area (Å²) in [6.07, 6.45) is 9.05. The van der Waals surface area contributed by atoms with Crippen LogP contribution in [0.15, 0.2) is 42.5 Å². The van der Waals surface area contributed by atoms with E-state index in [1.807, 2.05) is 12.1 Å². The topological polar surface area (TPSA) is 20.2 Å². The Morgan fingerprint density at radius 1 is 0.600 bits per heavy atom. The molecule has 3 aromatic rings. The van der Waals surface area contributed by atoms with E-state index in [1.165, 1.54) is 32.1 Å². The molecule has 1 nitrogen and oxygen atoms in total. The molecule has 3 aromatic carbocycles. The number of phenols is 1. The Morgan fingerprint density at radius 3 is 1.83 bits per heavy atom. The van der Waals surface area contributed by atoms with Gasteiger partial charge in [-0.1, -0.05) is 69.7 Å². The molecule has 0 heterocycles. The summed E-state index contributed by atoms with van der Waals surface area (Å²) in [5.74, 6) is -6.71. The second-order valence-corrected chi connectivity index (χ2v) is 8.99. The number of rotatable bonds is 12. The van der Waals surface area contributed by atoms with Crippen LogP contribution in [0.4, 0.5) is 22.0 Å². The average Bonchev–Trinajstić information content (AvgIpc) is 2.82. The van der Waals surface area contributed by atoms with Gasteiger partial charge in [-0.25, -0.2) is 22.0 Å². The molecule has 3 rings (SSSR count). The second kappa shape index (κ2) is 12.7. The molecule has 0 fully saturated rings. The third kappa shape index (κ3) is 7.06. The summed E-state index contributed by atoms with van der Waals surface area (Å²) in [7, 11) is 0. The van der Waals surface area contributed by atoms with Gasteiger partial charge in [0.25, 0.3) is 0 Å². The van der Waals surface area contributed by atoms with Crippen LogP contribution in [0, 0.1) is 29.1 Å². The normalized spacial score (nSPS) is 11.3. The minimum absolute atomic E-state index is 0.0736. The van der Waals surface area contributed by atoms with E-state index in [-0.39, 0.29) is 29.5 Å². The predicted octanol–water partition coefficient (Wildman–Crippen LogP) is 8.83. The van der Waals surface area contributed by atoms with Crippen LogP contribution in [0.5, 0.6) is 5.75 Å². The lowest BCUT2D eigenvalue weighted by molar-refractivity contribution is 0.445. The summed E-state index contributed by atoms with van der Waals surface area (Å²) in [6.45, 7) is 2.19. The van der Waals surface area contributed by atoms with Gasteiger partial charge in [0.1, 0.15) is 17.4 Å². The van der Waals surface area contributed by atoms with E-state index in [9.17, 15) is 22.7 Å². The number of hydrogen-bond donors (Lipinski definition) is 1. The van der Waals surface area contributed by atoms with Crippen molar-refractivity contribution in [2.75, 3.05) is 0 Å². The van der Waals surface area contributed by atoms with Crippen molar-refractivity contribution in [3.05, 3.63) is 88.2 Å². The fourth-order valence-corrected chi connectivity index (χ4v) is 4.30. The van der Waals surface area contributed by atoms with E-state index in [4.69, 9.17) is 0 Å². The fraction of sp³-hybridized carbons (Fsp3) is 0.379. The summed E-state index contributed by atoms with van der Waals surface area (Å²) in [5, 5.41) is 10.2. The van der Waals surface area contributed by atoms with Crippen LogP contribution in [0.2, 0.25) is 0 Å². The van der Waals surface area contributed by atoms with Gasteiger partial charge in [-0.3, -0.25) is 0 Å². The van der Waals surface area contributed by atoms with Crippen molar-refractivity contribution in [2.24, 2.45) is 0 Å². The van der Waals surface area contributed by atoms with Crippen molar-refractivity contribution in [1.82, 2.24) is 0 Å². The van der Waals surface area contributed by atoms with E-state index >= 15 is 4.39 Å². The largest absolute Gasteiger partial charge is 0.507 e. The molecule has 0 aliphatic rings. The molecule has 188 valence electrons. The summed E-state index contributed by atoms with van der Waals surface area (Å²) >= 11 is 0. The van der Waals surface area contributed by atoms with E-state index < -0.39 is 34.8 Å². The number of aryl methyl sites for hydroxylation is 2. The first-order chi connectivity index (χ1) is 16.8. The highest BCUT2D eigenvalue weighted by molar-refractivity contribution is 5.72. The molecule has 0 aliphatic heterocycles. The first kappa shape index (κ1) is 26.7. The van der Waals surface area contributed by atoms with Gasteiger partial charge in [0.2, 0.25) is 0 Å². The molecular weight excluding hydrogens is 459 g/mol. The minimum atomic E-state index is -1.59. The molecule has 35 heavy (non-hydrogen) atoms. The van der Waals surface area contributed by atoms with Crippen LogP contribution < -0.4 is 0 Å². The summed E-state index contributed by atoms with van der Waals surface area (Å²) in [5.41, 5.74) is 1.15. The second-order valence-electron chi connectivity index (χ2n) is 8.99. The van der Waals surface area contributed by atoms with Gasteiger partial charge in [-0.05, 0) is 54.5 Å². The summed E-state index contributed by atoms with van der Waals surface area (Å²) in [6, 6.07) is 9.59. The lowest BCUT2D eigenvalue weighted by atomic mass is 9.95. The summed E-state index contributed by atoms with van der Waals surface area (Å²) < 4.78 is 69.8. The highest BCUT2D eigenvalue weighted by Crippen LogP contribution is 2.36. The van der Waals surface area contributed by atoms with E-state index in [0.29, 0.717) is 5.56 Å². The standard InChI is InChI=1S/C29H31F5O/c1-2-3-4-5-6-7-8-9-19-10-13-21(14-11-19)27-26(35)18-23(30)22(28(27)33)15-12-20-16-24(31)29(34)25(32)17-20/h10-11,13-14,16-18,35H,2-9,12,15H2,1H3. The van der Waals surface area contributed by atoms with Crippen molar-refractivity contribution in [3.8, 4) is 16.9 Å². The summed E-state index contributed by atoms with van der Waals surface area (Å²) in [4.78, 5) is 0. The number of aromatic hydroxyl groups is 1. The molecular formula is C29H31F5O. The van der Waals surface area contributed by atoms with Crippen molar-refractivity contribution >= 4 is 0 Å². The number of benzene rings is 3. The molecule has 0 unspecified atom stereocenters. The molecule has 0 saturated heterocycles. The molecule has 0 bridgehead atoms. The Kier molecular flexibility index (Phi) is 9.70. The van der Waals surface area contributed by atoms with Gasteiger partial charge >= 0.3 is 0 Å². The molecule has 0 saturated carbocycles. The molecule has 0 atom stereocenters. The molecule has 6 heteroatoms. The van der Waals surface area contributed by atoms with E-state index in [0.717, 1.165) is 43.0 Å². The Balaban J connectivity index is 1.69. The monoisotopic (exact) mass is 490 g/mol. The first-order valence-electron chi connectivity index (χ1n) is 12.2. The minimum Gasteiger partial charge on any atom is -0.507 e. The number of hydrogen-bond acceptors (Lipinski definition) is 1. The van der Waals surface area contributed by atoms with E-state index in [2.05, 4.69) is 6.92 Å². The smallest absolute Gasteiger partial charge is 0.194 e. The zero-order valence-corrected chi connectivity index (χ0v) is 19.9. The first-order valence-corrected chi connectivity index (χ1v) is 12.2. The molecule has 0 aliphatic carbocycles. The van der Waals surface area contributed by atoms with Gasteiger partial charge in [-0.2, -0.15) is 0 Å². The maximum atomic E-state index is 15.3. The number of unbranched alkanes of at least 4 members (excludes halogenated alkanes) is 6. The highest BCUT2D eigenvalue weighted by atomic mass is 19.2. The SMILES string of the molecule is CCCCCCCCCc1ccc(-c2c(O)cc(F)c(CCc3cc(F)c(F)c(F)c3)c2F)cc1. The molecule has 1 N–H and O–H groups in total. The molecule has 0 amide bonds. The Labute approximate surface area is 203 Å². The molecule has 0 radical (unpaired) electrons. The third-order valence-electron chi connectivity index (χ3n) is 6.31. The quantitative estimate of drug-likeness (QED) is 0.153. The van der Waals surface area contributed by atoms with Crippen molar-refractivity contribution in [1.29, 1.82) is 0 Å². The number of phenolic OH excluding ortho intramolecular Hbond substituents is 1. The Bertz CT molecular complexity index is 1100. The Morgan fingerprint density at radius 2 is 1.20 bits per heavy atom. The lowest BCUT2D eigenvalue weighted by Crippen LogP contribution is -2.03. The van der Waals surface area contributed by atoms with Gasteiger partial charge in [0.05, 0.1) is 5.56 Å². The number of halogens is 5. The van der Waals surface area contributed by atoms with Gasteiger partial charge in [0, 0.05) is 11.6 Å². The van der Waals surface area contributed by atoms with E-state index in [1.54, 1.807) is 12.1 Å². The fourth-order valence-electron chi connectivity index (χ4n) is 4.30. The van der Waals surface area contributed by atoms with Crippen LogP contribution >= 0.6 is 0 Å². The van der Waals surface area contributed by atoms with Crippen molar-refractivity contribution in [2.45, 2.75) is 71.1 Å². The van der Waals surface area contributed by atoms with Gasteiger partial charge in [0.15, 0.2) is 17.5 Å². The lowest BCUT2D eigenvalue weighted by Gasteiger charge is -2.13. The van der Waals surface area contributed by atoms with Crippen molar-refractivity contribution < 1.29 is 27.1 Å². The van der Waals surface area contributed by atoms with Crippen LogP contribution in [-0.4, -0.2) is 5.11 Å². The average molecular weight is 491 g/mol. The Hall–Kier alpha value is -2.89. The molecule has 0 spiro atoms. The van der Waals surface area contributed by atoms with Crippen LogP contribution in [0.25, 0.3) is 11.1 Å². The maximum absolute atomic E-state index is 15.3. The zero-order chi connectivity index (χ0) is 25.4.